The number of nitrogens with zero attached hydrogens (tertiary/aromatic N) is 2. The van der Waals surface area contributed by atoms with Crippen molar-refractivity contribution in [3.8, 4) is 11.5 Å². The topological polar surface area (TPSA) is 65.2 Å². The third-order valence-corrected chi connectivity index (χ3v) is 5.20. The van der Waals surface area contributed by atoms with Gasteiger partial charge in [-0.05, 0) is 59.1 Å². The molecule has 0 saturated carbocycles. The zero-order chi connectivity index (χ0) is 21.6. The predicted molar refractivity (Wildman–Crippen MR) is 123 cm³/mol. The summed E-state index contributed by atoms with van der Waals surface area (Å²) in [6.07, 6.45) is 4.91. The van der Waals surface area contributed by atoms with E-state index in [-0.39, 0.29) is 6.67 Å². The van der Waals surface area contributed by atoms with Gasteiger partial charge in [0.05, 0.1) is 0 Å². The van der Waals surface area contributed by atoms with Crippen molar-refractivity contribution in [1.82, 2.24) is 0 Å². The lowest BCUT2D eigenvalue weighted by molar-refractivity contribution is 0.467. The highest BCUT2D eigenvalue weighted by Crippen LogP contribution is 2.28. The number of phenols is 2. The van der Waals surface area contributed by atoms with E-state index in [0.717, 1.165) is 35.1 Å². The molecule has 2 N–H and O–H groups in total. The molecule has 4 heteroatoms. The van der Waals surface area contributed by atoms with Crippen LogP contribution in [0.4, 0.5) is 0 Å². The third-order valence-electron chi connectivity index (χ3n) is 5.20. The average Bonchev–Trinajstić information content (AvgIpc) is 2.69. The number of hydrogen-bond acceptors (Lipinski definition) is 4. The van der Waals surface area contributed by atoms with Crippen LogP contribution in [0.3, 0.4) is 0 Å². The molecule has 29 heavy (non-hydrogen) atoms. The average molecular weight is 395 g/mol. The van der Waals surface area contributed by atoms with Crippen molar-refractivity contribution in [3.05, 3.63) is 57.6 Å². The van der Waals surface area contributed by atoms with E-state index in [4.69, 9.17) is 0 Å². The lowest BCUT2D eigenvalue weighted by atomic mass is 9.96. The van der Waals surface area contributed by atoms with Crippen LogP contribution in [0.5, 0.6) is 11.5 Å². The van der Waals surface area contributed by atoms with E-state index in [1.165, 1.54) is 11.1 Å². The van der Waals surface area contributed by atoms with Crippen molar-refractivity contribution in [3.63, 3.8) is 0 Å². The summed E-state index contributed by atoms with van der Waals surface area (Å²) in [7, 11) is 0. The van der Waals surface area contributed by atoms with Crippen molar-refractivity contribution in [2.24, 2.45) is 9.98 Å². The molecule has 0 aliphatic rings. The Morgan fingerprint density at radius 1 is 0.724 bits per heavy atom. The summed E-state index contributed by atoms with van der Waals surface area (Å²) in [4.78, 5) is 8.72. The van der Waals surface area contributed by atoms with Gasteiger partial charge in [0.2, 0.25) is 0 Å². The van der Waals surface area contributed by atoms with Crippen molar-refractivity contribution >= 4 is 12.4 Å². The lowest BCUT2D eigenvalue weighted by Gasteiger charge is -2.12. The highest BCUT2D eigenvalue weighted by molar-refractivity contribution is 5.86. The van der Waals surface area contributed by atoms with Crippen LogP contribution in [-0.2, 0) is 12.8 Å². The molecular formula is C25H34N2O2. The Morgan fingerprint density at radius 3 is 1.41 bits per heavy atom. The molecule has 2 aromatic rings. The summed E-state index contributed by atoms with van der Waals surface area (Å²) >= 11 is 0. The smallest absolute Gasteiger partial charge is 0.129 e. The highest BCUT2D eigenvalue weighted by Gasteiger charge is 2.10. The fourth-order valence-corrected chi connectivity index (χ4v) is 3.22. The number of phenolic OH excluding ortho intramolecular Hbond substituents is 2. The van der Waals surface area contributed by atoms with Crippen molar-refractivity contribution in [2.75, 3.05) is 6.67 Å². The van der Waals surface area contributed by atoms with Crippen LogP contribution in [-0.4, -0.2) is 29.3 Å². The summed E-state index contributed by atoms with van der Waals surface area (Å²) in [5.41, 5.74) is 5.69. The number of aliphatic imine (C=N–C) groups is 2. The monoisotopic (exact) mass is 394 g/mol. The van der Waals surface area contributed by atoms with Gasteiger partial charge in [-0.1, -0.05) is 53.7 Å². The zero-order valence-corrected chi connectivity index (χ0v) is 18.5. The molecule has 0 radical (unpaired) electrons. The van der Waals surface area contributed by atoms with Gasteiger partial charge in [-0.3, -0.25) is 9.98 Å². The molecule has 0 heterocycles. The number of aromatic hydroxyl groups is 2. The van der Waals surface area contributed by atoms with Gasteiger partial charge in [-0.2, -0.15) is 0 Å². The maximum atomic E-state index is 10.4. The van der Waals surface area contributed by atoms with Crippen LogP contribution in [0, 0.1) is 0 Å². The van der Waals surface area contributed by atoms with Gasteiger partial charge < -0.3 is 10.2 Å². The molecular weight excluding hydrogens is 360 g/mol. The van der Waals surface area contributed by atoms with Gasteiger partial charge in [-0.15, -0.1) is 0 Å². The van der Waals surface area contributed by atoms with E-state index in [0.29, 0.717) is 23.3 Å². The second kappa shape index (κ2) is 10.2. The van der Waals surface area contributed by atoms with Crippen LogP contribution >= 0.6 is 0 Å². The summed E-state index contributed by atoms with van der Waals surface area (Å²) < 4.78 is 0. The summed E-state index contributed by atoms with van der Waals surface area (Å²) in [5.74, 6) is 1.35. The van der Waals surface area contributed by atoms with Crippen LogP contribution in [0.25, 0.3) is 0 Å². The highest BCUT2D eigenvalue weighted by atomic mass is 16.3. The van der Waals surface area contributed by atoms with Gasteiger partial charge >= 0.3 is 0 Å². The van der Waals surface area contributed by atoms with Crippen molar-refractivity contribution in [1.29, 1.82) is 0 Å². The molecule has 4 nitrogen and oxygen atoms in total. The Morgan fingerprint density at radius 2 is 1.10 bits per heavy atom. The summed E-state index contributed by atoms with van der Waals surface area (Å²) in [5, 5.41) is 20.9. The van der Waals surface area contributed by atoms with Crippen LogP contribution in [0.15, 0.2) is 34.3 Å². The number of rotatable bonds is 8. The Kier molecular flexibility index (Phi) is 8.00. The second-order valence-corrected chi connectivity index (χ2v) is 8.02. The number of benzene rings is 2. The lowest BCUT2D eigenvalue weighted by Crippen LogP contribution is -1.97. The Hall–Kier alpha value is -2.62. The Labute approximate surface area is 175 Å². The standard InChI is InChI=1S/C25H34N2O2/c1-7-18-9-20(16(3)4)11-22(24(18)28)13-26-15-27-14-23-12-21(17(5)6)10-19(8-2)25(23)29/h9-14,16-17,28-29H,7-8,15H2,1-6H3. The Balaban J connectivity index is 2.20. The molecule has 0 amide bonds. The zero-order valence-electron chi connectivity index (χ0n) is 18.5. The van der Waals surface area contributed by atoms with Crippen LogP contribution < -0.4 is 0 Å². The summed E-state index contributed by atoms with van der Waals surface area (Å²) in [6.45, 7) is 12.9. The quantitative estimate of drug-likeness (QED) is 0.542. The molecule has 0 saturated heterocycles. The van der Waals surface area contributed by atoms with Gasteiger partial charge in [0.1, 0.15) is 18.2 Å². The maximum Gasteiger partial charge on any atom is 0.129 e. The third kappa shape index (κ3) is 5.69. The molecule has 0 unspecified atom stereocenters. The van der Waals surface area contributed by atoms with E-state index in [1.54, 1.807) is 12.4 Å². The van der Waals surface area contributed by atoms with E-state index in [9.17, 15) is 10.2 Å². The minimum absolute atomic E-state index is 0.236. The molecule has 0 aliphatic heterocycles. The largest absolute Gasteiger partial charge is 0.507 e. The summed E-state index contributed by atoms with van der Waals surface area (Å²) in [6, 6.07) is 8.09. The normalized spacial score (nSPS) is 12.1. The second-order valence-electron chi connectivity index (χ2n) is 8.02. The number of aryl methyl sites for hydroxylation is 2. The molecule has 0 atom stereocenters. The van der Waals surface area contributed by atoms with Gasteiger partial charge in [0.25, 0.3) is 0 Å². The first-order chi connectivity index (χ1) is 13.8. The first-order valence-electron chi connectivity index (χ1n) is 10.5. The first-order valence-corrected chi connectivity index (χ1v) is 10.5. The molecule has 0 bridgehead atoms. The first kappa shape index (κ1) is 22.7. The van der Waals surface area contributed by atoms with Gasteiger partial charge in [-0.25, -0.2) is 0 Å². The van der Waals surface area contributed by atoms with Crippen molar-refractivity contribution < 1.29 is 10.2 Å². The van der Waals surface area contributed by atoms with Crippen LogP contribution in [0.1, 0.15) is 86.8 Å². The molecule has 0 aliphatic carbocycles. The van der Waals surface area contributed by atoms with Crippen molar-refractivity contribution in [2.45, 2.75) is 66.2 Å². The molecule has 2 aromatic carbocycles. The SMILES string of the molecule is CCc1cc(C(C)C)cc(C=NCN=Cc2cc(C(C)C)cc(CC)c2O)c1O. The molecule has 0 fully saturated rings. The number of hydrogen-bond donors (Lipinski definition) is 2. The minimum atomic E-state index is 0.236. The molecule has 0 aromatic heterocycles. The predicted octanol–water partition coefficient (Wildman–Crippen LogP) is 5.96. The van der Waals surface area contributed by atoms with Gasteiger partial charge in [0.15, 0.2) is 0 Å². The molecule has 156 valence electrons. The van der Waals surface area contributed by atoms with E-state index < -0.39 is 0 Å². The maximum absolute atomic E-state index is 10.4. The fourth-order valence-electron chi connectivity index (χ4n) is 3.22. The molecule has 0 spiro atoms. The molecule has 2 rings (SSSR count). The van der Waals surface area contributed by atoms with Gasteiger partial charge in [0, 0.05) is 23.6 Å². The van der Waals surface area contributed by atoms with E-state index >= 15 is 0 Å². The fraction of sp³-hybridized carbons (Fsp3) is 0.440. The van der Waals surface area contributed by atoms with Crippen LogP contribution in [0.2, 0.25) is 0 Å². The van der Waals surface area contributed by atoms with E-state index in [2.05, 4.69) is 49.8 Å². The van der Waals surface area contributed by atoms with E-state index in [1.807, 2.05) is 26.0 Å². The Bertz CT molecular complexity index is 823. The minimum Gasteiger partial charge on any atom is -0.507 e.